The molecule has 2 saturated carbocycles. The summed E-state index contributed by atoms with van der Waals surface area (Å²) in [5.41, 5.74) is 3.30. The Balaban J connectivity index is 1.68. The second-order valence-electron chi connectivity index (χ2n) is 8.28. The van der Waals surface area contributed by atoms with Crippen molar-refractivity contribution in [2.75, 3.05) is 0 Å². The quantitative estimate of drug-likeness (QED) is 0.381. The second kappa shape index (κ2) is 4.47. The lowest BCUT2D eigenvalue weighted by Crippen LogP contribution is -2.49. The van der Waals surface area contributed by atoms with E-state index in [1.165, 1.54) is 38.5 Å². The van der Waals surface area contributed by atoms with Gasteiger partial charge < -0.3 is 5.21 Å². The zero-order valence-electron chi connectivity index (χ0n) is 13.3. The molecule has 0 heterocycles. The Kier molecular flexibility index (Phi) is 2.90. The summed E-state index contributed by atoms with van der Waals surface area (Å²) in [5.74, 6) is 2.62. The van der Waals surface area contributed by atoms with Crippen molar-refractivity contribution in [3.63, 3.8) is 0 Å². The van der Waals surface area contributed by atoms with E-state index in [4.69, 9.17) is 5.21 Å². The van der Waals surface area contributed by atoms with Gasteiger partial charge >= 0.3 is 0 Å². The van der Waals surface area contributed by atoms with Gasteiger partial charge in [0.2, 0.25) is 0 Å². The Bertz CT molecular complexity index is 546. The normalized spacial score (nSPS) is 50.3. The van der Waals surface area contributed by atoms with E-state index in [0.717, 1.165) is 29.9 Å². The van der Waals surface area contributed by atoms with Crippen molar-refractivity contribution in [3.05, 3.63) is 23.8 Å². The summed E-state index contributed by atoms with van der Waals surface area (Å²) < 4.78 is 0. The van der Waals surface area contributed by atoms with Crippen molar-refractivity contribution in [1.29, 1.82) is 0 Å². The summed E-state index contributed by atoms with van der Waals surface area (Å²) in [6.45, 7) is 4.98. The first-order valence-electron chi connectivity index (χ1n) is 8.66. The molecule has 4 aliphatic rings. The number of fused-ring (bicyclic) bond motifs is 5. The summed E-state index contributed by atoms with van der Waals surface area (Å²) in [5, 5.41) is 12.6. The summed E-state index contributed by atoms with van der Waals surface area (Å²) >= 11 is 0. The summed E-state index contributed by atoms with van der Waals surface area (Å²) in [4.78, 5) is 0. The van der Waals surface area contributed by atoms with Crippen LogP contribution in [0.15, 0.2) is 29.0 Å². The van der Waals surface area contributed by atoms with Crippen LogP contribution in [0.2, 0.25) is 0 Å². The van der Waals surface area contributed by atoms with E-state index < -0.39 is 0 Å². The number of hydrogen-bond donors (Lipinski definition) is 1. The van der Waals surface area contributed by atoms with Gasteiger partial charge in [0.25, 0.3) is 0 Å². The van der Waals surface area contributed by atoms with E-state index in [1.807, 2.05) is 0 Å². The van der Waals surface area contributed by atoms with E-state index in [2.05, 4.69) is 37.2 Å². The molecule has 114 valence electrons. The fourth-order valence-electron chi connectivity index (χ4n) is 6.13. The lowest BCUT2D eigenvalue weighted by Gasteiger charge is -2.57. The third-order valence-electron chi connectivity index (χ3n) is 7.43. The number of allylic oxidation sites excluding steroid dienone is 4. The molecule has 0 aliphatic heterocycles. The Labute approximate surface area is 128 Å². The van der Waals surface area contributed by atoms with Crippen LogP contribution in [0.1, 0.15) is 58.8 Å². The topological polar surface area (TPSA) is 32.6 Å². The lowest BCUT2D eigenvalue weighted by atomic mass is 9.47. The van der Waals surface area contributed by atoms with E-state index in [-0.39, 0.29) is 0 Å². The summed E-state index contributed by atoms with van der Waals surface area (Å²) in [6, 6.07) is 0. The highest BCUT2D eigenvalue weighted by molar-refractivity contribution is 5.96. The number of rotatable bonds is 0. The third kappa shape index (κ3) is 1.80. The Morgan fingerprint density at radius 1 is 1.14 bits per heavy atom. The molecule has 0 aromatic rings. The Morgan fingerprint density at radius 2 is 2.00 bits per heavy atom. The highest BCUT2D eigenvalue weighted by atomic mass is 16.4. The van der Waals surface area contributed by atoms with Gasteiger partial charge in [0.05, 0.1) is 5.71 Å². The molecule has 0 aromatic heterocycles. The van der Waals surface area contributed by atoms with Crippen LogP contribution >= 0.6 is 0 Å². The average molecular weight is 285 g/mol. The molecule has 2 heteroatoms. The largest absolute Gasteiger partial charge is 0.411 e. The zero-order valence-corrected chi connectivity index (χ0v) is 13.3. The van der Waals surface area contributed by atoms with Gasteiger partial charge in [0.15, 0.2) is 0 Å². The molecular weight excluding hydrogens is 258 g/mol. The van der Waals surface area contributed by atoms with Gasteiger partial charge in [-0.25, -0.2) is 0 Å². The fourth-order valence-corrected chi connectivity index (χ4v) is 6.13. The first-order valence-corrected chi connectivity index (χ1v) is 8.66. The van der Waals surface area contributed by atoms with Crippen LogP contribution in [-0.2, 0) is 0 Å². The van der Waals surface area contributed by atoms with Crippen molar-refractivity contribution in [1.82, 2.24) is 0 Å². The van der Waals surface area contributed by atoms with Gasteiger partial charge in [-0.3, -0.25) is 0 Å². The van der Waals surface area contributed by atoms with Crippen molar-refractivity contribution < 1.29 is 5.21 Å². The van der Waals surface area contributed by atoms with Gasteiger partial charge in [-0.2, -0.15) is 0 Å². The maximum absolute atomic E-state index is 9.09. The fraction of sp³-hybridized carbons (Fsp3) is 0.737. The Morgan fingerprint density at radius 3 is 2.81 bits per heavy atom. The number of hydrogen-bond acceptors (Lipinski definition) is 2. The van der Waals surface area contributed by atoms with Gasteiger partial charge in [-0.1, -0.05) is 36.7 Å². The van der Waals surface area contributed by atoms with Crippen molar-refractivity contribution in [3.8, 4) is 0 Å². The summed E-state index contributed by atoms with van der Waals surface area (Å²) in [7, 11) is 0. The van der Waals surface area contributed by atoms with Crippen molar-refractivity contribution in [2.45, 2.75) is 58.8 Å². The molecule has 5 atom stereocenters. The van der Waals surface area contributed by atoms with Crippen molar-refractivity contribution in [2.24, 2.45) is 33.7 Å². The summed E-state index contributed by atoms with van der Waals surface area (Å²) in [6.07, 6.45) is 15.9. The minimum absolute atomic E-state index is 0.362. The zero-order chi connectivity index (χ0) is 14.7. The van der Waals surface area contributed by atoms with Gasteiger partial charge in [0.1, 0.15) is 0 Å². The maximum Gasteiger partial charge on any atom is 0.0795 e. The SMILES string of the molecule is CC12C=CCC1C1CCC3=C/C(=N/O)CCC3(C)C1CC2. The maximum atomic E-state index is 9.09. The third-order valence-corrected chi connectivity index (χ3v) is 7.43. The number of oxime groups is 1. The van der Waals surface area contributed by atoms with Crippen LogP contribution in [0.4, 0.5) is 0 Å². The molecule has 5 unspecified atom stereocenters. The highest BCUT2D eigenvalue weighted by Crippen LogP contribution is 2.63. The molecule has 4 rings (SSSR count). The highest BCUT2D eigenvalue weighted by Gasteiger charge is 2.54. The molecule has 0 aromatic carbocycles. The predicted molar refractivity (Wildman–Crippen MR) is 85.4 cm³/mol. The van der Waals surface area contributed by atoms with Crippen LogP contribution in [0.3, 0.4) is 0 Å². The molecule has 0 radical (unpaired) electrons. The predicted octanol–water partition coefficient (Wildman–Crippen LogP) is 4.95. The lowest BCUT2D eigenvalue weighted by molar-refractivity contribution is -0.0221. The van der Waals surface area contributed by atoms with Crippen LogP contribution in [0.25, 0.3) is 0 Å². The number of nitrogens with zero attached hydrogens (tertiary/aromatic N) is 1. The van der Waals surface area contributed by atoms with Gasteiger partial charge in [-0.05, 0) is 79.6 Å². The Hall–Kier alpha value is -1.05. The van der Waals surface area contributed by atoms with Crippen LogP contribution in [0.5, 0.6) is 0 Å². The van der Waals surface area contributed by atoms with E-state index >= 15 is 0 Å². The molecule has 0 saturated heterocycles. The molecule has 0 bridgehead atoms. The van der Waals surface area contributed by atoms with E-state index in [9.17, 15) is 0 Å². The molecule has 0 spiro atoms. The van der Waals surface area contributed by atoms with Crippen molar-refractivity contribution >= 4 is 5.71 Å². The van der Waals surface area contributed by atoms with E-state index in [1.54, 1.807) is 5.57 Å². The van der Waals surface area contributed by atoms with Crippen LogP contribution in [-0.4, -0.2) is 10.9 Å². The second-order valence-corrected chi connectivity index (χ2v) is 8.28. The molecule has 4 aliphatic carbocycles. The molecular formula is C19H27NO. The monoisotopic (exact) mass is 285 g/mol. The molecule has 2 fully saturated rings. The van der Waals surface area contributed by atoms with Crippen LogP contribution < -0.4 is 0 Å². The molecule has 1 N–H and O–H groups in total. The molecule has 2 nitrogen and oxygen atoms in total. The van der Waals surface area contributed by atoms with Crippen LogP contribution in [0, 0.1) is 28.6 Å². The first kappa shape index (κ1) is 13.6. The van der Waals surface area contributed by atoms with Gasteiger partial charge in [-0.15, -0.1) is 0 Å². The van der Waals surface area contributed by atoms with E-state index in [0.29, 0.717) is 10.8 Å². The molecule has 21 heavy (non-hydrogen) atoms. The minimum Gasteiger partial charge on any atom is -0.411 e. The minimum atomic E-state index is 0.362. The standard InChI is InChI=1S/C19H27NO/c1-18-9-3-4-16(18)15-6-5-13-12-14(20-21)7-11-19(13,2)17(15)8-10-18/h3,9,12,15-17,21H,4-8,10-11H2,1-2H3/b20-14+. The molecule has 0 amide bonds. The van der Waals surface area contributed by atoms with Gasteiger partial charge in [0, 0.05) is 0 Å². The average Bonchev–Trinajstić information content (AvgIpc) is 2.88. The smallest absolute Gasteiger partial charge is 0.0795 e. The first-order chi connectivity index (χ1) is 10.1.